The van der Waals surface area contributed by atoms with E-state index in [2.05, 4.69) is 25.4 Å². The highest BCUT2D eigenvalue weighted by molar-refractivity contribution is 5.90. The molecule has 314 valence electrons. The fourth-order valence-electron chi connectivity index (χ4n) is 7.23. The van der Waals surface area contributed by atoms with Crippen molar-refractivity contribution in [3.63, 3.8) is 0 Å². The predicted octanol–water partition coefficient (Wildman–Crippen LogP) is 6.11. The lowest BCUT2D eigenvalue weighted by Crippen LogP contribution is -2.47. The molecule has 1 N–H and O–H groups in total. The molecule has 16 nitrogen and oxygen atoms in total. The number of carbonyl (C=O) groups is 3. The lowest BCUT2D eigenvalue weighted by Gasteiger charge is -2.36. The number of fused-ring (bicyclic) bond motifs is 1. The molecule has 1 aliphatic carbocycles. The first-order valence-corrected chi connectivity index (χ1v) is 20.6. The van der Waals surface area contributed by atoms with Crippen molar-refractivity contribution in [1.29, 1.82) is 0 Å². The normalized spacial score (nSPS) is 15.7. The first-order chi connectivity index (χ1) is 27.2. The van der Waals surface area contributed by atoms with E-state index in [4.69, 9.17) is 24.2 Å². The minimum absolute atomic E-state index is 0.155. The third kappa shape index (κ3) is 13.7. The van der Waals surface area contributed by atoms with Gasteiger partial charge < -0.3 is 34.2 Å². The highest BCUT2D eigenvalue weighted by Crippen LogP contribution is 2.27. The van der Waals surface area contributed by atoms with Crippen molar-refractivity contribution < 1.29 is 28.6 Å². The second-order valence-electron chi connectivity index (χ2n) is 17.0. The summed E-state index contributed by atoms with van der Waals surface area (Å²) in [5.41, 5.74) is 0.374. The van der Waals surface area contributed by atoms with Crippen LogP contribution in [0.25, 0.3) is 10.9 Å². The average Bonchev–Trinajstić information content (AvgIpc) is 3.63. The van der Waals surface area contributed by atoms with Crippen LogP contribution in [0.4, 0.5) is 21.4 Å². The maximum atomic E-state index is 13.3. The van der Waals surface area contributed by atoms with E-state index < -0.39 is 11.2 Å². The number of nitrogens with one attached hydrogen (secondary N) is 1. The van der Waals surface area contributed by atoms with Gasteiger partial charge in [0.1, 0.15) is 22.7 Å². The van der Waals surface area contributed by atoms with Crippen molar-refractivity contribution in [3.05, 3.63) is 36.2 Å². The van der Waals surface area contributed by atoms with E-state index in [-0.39, 0.29) is 24.2 Å². The summed E-state index contributed by atoms with van der Waals surface area (Å²) in [6, 6.07) is 8.16. The second-order valence-corrected chi connectivity index (χ2v) is 17.0. The summed E-state index contributed by atoms with van der Waals surface area (Å²) in [6.45, 7) is 17.5. The summed E-state index contributed by atoms with van der Waals surface area (Å²) in [6.07, 6.45) is 8.21. The molecule has 57 heavy (non-hydrogen) atoms. The molecule has 2 amide bonds. The van der Waals surface area contributed by atoms with Crippen molar-refractivity contribution >= 4 is 40.8 Å². The molecule has 0 atom stereocenters. The Kier molecular flexibility index (Phi) is 15.3. The predicted molar refractivity (Wildman–Crippen MR) is 219 cm³/mol. The van der Waals surface area contributed by atoms with Gasteiger partial charge in [-0.05, 0) is 79.4 Å². The number of amides is 2. The van der Waals surface area contributed by atoms with Crippen LogP contribution in [-0.2, 0) is 32.1 Å². The summed E-state index contributed by atoms with van der Waals surface area (Å²) in [5, 5.41) is 13.1. The molecule has 3 aromatic rings. The third-order valence-corrected chi connectivity index (χ3v) is 10.1. The Morgan fingerprint density at radius 1 is 0.842 bits per heavy atom. The maximum Gasteiger partial charge on any atom is 0.410 e. The van der Waals surface area contributed by atoms with Gasteiger partial charge in [0.15, 0.2) is 0 Å². The largest absolute Gasteiger partial charge is 0.469 e. The number of aromatic nitrogens is 5. The van der Waals surface area contributed by atoms with Crippen molar-refractivity contribution in [2.75, 3.05) is 69.7 Å². The van der Waals surface area contributed by atoms with Crippen LogP contribution in [0.1, 0.15) is 98.6 Å². The molecule has 16 heteroatoms. The SMILES string of the molecule is COC(=O)CCN1CCN(c2nc(NCc3cn(CCCN(CCCN(C(=O)OC(C)(C)C)C4CCCCC4)C(=O)OC(C)(C)C)nn3)nc3ccccc23)CC1. The number of esters is 1. The fourth-order valence-corrected chi connectivity index (χ4v) is 7.23. The smallest absolute Gasteiger partial charge is 0.410 e. The Balaban J connectivity index is 1.15. The van der Waals surface area contributed by atoms with E-state index in [1.165, 1.54) is 13.5 Å². The zero-order valence-electron chi connectivity index (χ0n) is 35.2. The summed E-state index contributed by atoms with van der Waals surface area (Å²) in [7, 11) is 1.42. The number of para-hydroxylation sites is 1. The summed E-state index contributed by atoms with van der Waals surface area (Å²) in [5.74, 6) is 1.19. The standard InChI is InChI=1S/C41H64N10O6/c1-40(2,3)56-38(53)49(21-14-23-51(32-15-9-8-10-16-32)39(54)57-41(4,5)6)20-13-22-50-30-31(45-46-50)29-42-37-43-34-18-12-11-17-33(34)36(44-37)48-27-25-47(26-28-48)24-19-35(52)55-7/h11-12,17-18,30,32H,8-10,13-16,19-29H2,1-7H3,(H,42,43,44). The first-order valence-electron chi connectivity index (χ1n) is 20.6. The van der Waals surface area contributed by atoms with E-state index in [0.717, 1.165) is 74.3 Å². The third-order valence-electron chi connectivity index (χ3n) is 10.1. The molecule has 1 saturated carbocycles. The van der Waals surface area contributed by atoms with Gasteiger partial charge >= 0.3 is 18.2 Å². The van der Waals surface area contributed by atoms with Gasteiger partial charge in [-0.15, -0.1) is 5.10 Å². The number of hydrogen-bond acceptors (Lipinski definition) is 13. The molecule has 2 aromatic heterocycles. The number of ether oxygens (including phenoxy) is 3. The molecule has 1 aliphatic heterocycles. The summed E-state index contributed by atoms with van der Waals surface area (Å²) in [4.78, 5) is 56.1. The van der Waals surface area contributed by atoms with Crippen LogP contribution in [0.5, 0.6) is 0 Å². The highest BCUT2D eigenvalue weighted by Gasteiger charge is 2.30. The molecule has 1 saturated heterocycles. The number of methoxy groups -OCH3 is 1. The fraction of sp³-hybridized carbons (Fsp3) is 0.683. The van der Waals surface area contributed by atoms with Gasteiger partial charge in [0.2, 0.25) is 5.95 Å². The van der Waals surface area contributed by atoms with E-state index in [9.17, 15) is 14.4 Å². The number of nitrogens with zero attached hydrogens (tertiary/aromatic N) is 9. The van der Waals surface area contributed by atoms with E-state index >= 15 is 0 Å². The topological polar surface area (TPSA) is 160 Å². The zero-order chi connectivity index (χ0) is 41.0. The van der Waals surface area contributed by atoms with Crippen LogP contribution in [0, 0.1) is 0 Å². The lowest BCUT2D eigenvalue weighted by molar-refractivity contribution is -0.141. The molecule has 3 heterocycles. The number of anilines is 2. The van der Waals surface area contributed by atoms with Gasteiger partial charge in [0.05, 0.1) is 31.8 Å². The van der Waals surface area contributed by atoms with Crippen LogP contribution in [0.3, 0.4) is 0 Å². The van der Waals surface area contributed by atoms with Gasteiger partial charge in [0, 0.05) is 70.3 Å². The molecular weight excluding hydrogens is 729 g/mol. The Bertz CT molecular complexity index is 1760. The lowest BCUT2D eigenvalue weighted by atomic mass is 9.94. The first kappa shape index (κ1) is 43.4. The molecular formula is C41H64N10O6. The molecule has 2 fully saturated rings. The molecule has 2 aliphatic rings. The molecule has 5 rings (SSSR count). The van der Waals surface area contributed by atoms with Crippen LogP contribution in [-0.4, -0.2) is 135 Å². The van der Waals surface area contributed by atoms with E-state index in [1.807, 2.05) is 76.9 Å². The quantitative estimate of drug-likeness (QED) is 0.131. The molecule has 0 spiro atoms. The van der Waals surface area contributed by atoms with Gasteiger partial charge in [0.25, 0.3) is 0 Å². The number of hydrogen-bond donors (Lipinski definition) is 1. The number of rotatable bonds is 16. The van der Waals surface area contributed by atoms with Crippen LogP contribution in [0.2, 0.25) is 0 Å². The van der Waals surface area contributed by atoms with Crippen LogP contribution >= 0.6 is 0 Å². The van der Waals surface area contributed by atoms with E-state index in [0.29, 0.717) is 64.5 Å². The second kappa shape index (κ2) is 20.1. The van der Waals surface area contributed by atoms with Crippen molar-refractivity contribution in [1.82, 2.24) is 39.7 Å². The summed E-state index contributed by atoms with van der Waals surface area (Å²) >= 11 is 0. The highest BCUT2D eigenvalue weighted by atomic mass is 16.6. The van der Waals surface area contributed by atoms with Crippen LogP contribution in [0.15, 0.2) is 30.5 Å². The number of aryl methyl sites for hydroxylation is 1. The Morgan fingerprint density at radius 2 is 1.53 bits per heavy atom. The van der Waals surface area contributed by atoms with Gasteiger partial charge in [-0.3, -0.25) is 14.4 Å². The van der Waals surface area contributed by atoms with Crippen molar-refractivity contribution in [2.45, 2.75) is 123 Å². The number of piperazine rings is 1. The molecule has 0 bridgehead atoms. The average molecular weight is 793 g/mol. The number of benzene rings is 1. The van der Waals surface area contributed by atoms with Crippen molar-refractivity contribution in [2.24, 2.45) is 0 Å². The molecule has 0 radical (unpaired) electrons. The minimum Gasteiger partial charge on any atom is -0.469 e. The Morgan fingerprint density at radius 3 is 2.23 bits per heavy atom. The summed E-state index contributed by atoms with van der Waals surface area (Å²) < 4.78 is 18.1. The Labute approximate surface area is 337 Å². The minimum atomic E-state index is -0.634. The van der Waals surface area contributed by atoms with Gasteiger partial charge in [-0.25, -0.2) is 14.6 Å². The Hall–Kier alpha value is -4.73. The number of carbonyl (C=O) groups excluding carboxylic acids is 3. The van der Waals surface area contributed by atoms with Crippen LogP contribution < -0.4 is 10.2 Å². The monoisotopic (exact) mass is 793 g/mol. The zero-order valence-corrected chi connectivity index (χ0v) is 35.2. The van der Waals surface area contributed by atoms with Gasteiger partial charge in [-0.1, -0.05) is 36.6 Å². The molecule has 1 aromatic carbocycles. The van der Waals surface area contributed by atoms with Gasteiger partial charge in [-0.2, -0.15) is 4.98 Å². The maximum absolute atomic E-state index is 13.3. The van der Waals surface area contributed by atoms with E-state index in [1.54, 1.807) is 9.58 Å². The molecule has 0 unspecified atom stereocenters. The van der Waals surface area contributed by atoms with Crippen molar-refractivity contribution in [3.8, 4) is 0 Å².